The fourth-order valence-corrected chi connectivity index (χ4v) is 21.9. The summed E-state index contributed by atoms with van der Waals surface area (Å²) >= 11 is 4.31. The molecular weight excluding hydrogens is 443 g/mol. The first-order valence-corrected chi connectivity index (χ1v) is 14.2. The van der Waals surface area contributed by atoms with Gasteiger partial charge in [-0.15, -0.1) is 0 Å². The normalized spacial score (nSPS) is 31.3. The summed E-state index contributed by atoms with van der Waals surface area (Å²) in [5.74, 6) is -1.33. The minimum absolute atomic E-state index is 0.567. The van der Waals surface area contributed by atoms with E-state index in [0.717, 1.165) is 10.1 Å². The zero-order valence-corrected chi connectivity index (χ0v) is 18.0. The first-order valence-electron chi connectivity index (χ1n) is 8.05. The first-order chi connectivity index (χ1) is 11.6. The monoisotopic (exact) mass is 463 g/mol. The molecule has 4 rings (SSSR count). The predicted molar refractivity (Wildman–Crippen MR) is 104 cm³/mol. The van der Waals surface area contributed by atoms with Gasteiger partial charge in [-0.1, -0.05) is 0 Å². The molecular formula is C20H18NPSe2. The molecule has 4 unspecified atom stereocenters. The second kappa shape index (κ2) is 6.14. The van der Waals surface area contributed by atoms with E-state index in [4.69, 9.17) is 5.26 Å². The maximum atomic E-state index is 9.05. The van der Waals surface area contributed by atoms with E-state index in [1.807, 2.05) is 12.1 Å². The molecule has 0 radical (unpaired) electrons. The zero-order chi connectivity index (χ0) is 16.9. The van der Waals surface area contributed by atoms with E-state index in [9.17, 15) is 0 Å². The van der Waals surface area contributed by atoms with Crippen molar-refractivity contribution in [3.05, 3.63) is 76.9 Å². The molecule has 0 aliphatic carbocycles. The fraction of sp³-hybridized carbons (Fsp3) is 0.250. The summed E-state index contributed by atoms with van der Waals surface area (Å²) in [7, 11) is 0. The van der Waals surface area contributed by atoms with Gasteiger partial charge in [-0.2, -0.15) is 0 Å². The summed E-state index contributed by atoms with van der Waals surface area (Å²) in [6, 6.07) is 21.7. The van der Waals surface area contributed by atoms with Gasteiger partial charge >= 0.3 is 159 Å². The maximum absolute atomic E-state index is 9.05. The Morgan fingerprint density at radius 1 is 1.00 bits per heavy atom. The number of hydrogen-bond acceptors (Lipinski definition) is 1. The van der Waals surface area contributed by atoms with Gasteiger partial charge in [0.05, 0.1) is 0 Å². The molecule has 24 heavy (non-hydrogen) atoms. The first kappa shape index (κ1) is 16.6. The number of benzene rings is 2. The number of fused-ring (bicyclic) bond motifs is 2. The van der Waals surface area contributed by atoms with Crippen LogP contribution in [0.4, 0.5) is 0 Å². The second-order valence-corrected chi connectivity index (χ2v) is 16.7. The van der Waals surface area contributed by atoms with Crippen LogP contribution in [0.2, 0.25) is 0 Å². The van der Waals surface area contributed by atoms with Crippen LogP contribution in [-0.2, 0) is 0 Å². The molecule has 2 aromatic rings. The molecule has 1 saturated heterocycles. The molecule has 1 fully saturated rings. The topological polar surface area (TPSA) is 23.8 Å². The van der Waals surface area contributed by atoms with E-state index < -0.39 is 5.95 Å². The van der Waals surface area contributed by atoms with Crippen LogP contribution in [0.3, 0.4) is 0 Å². The third kappa shape index (κ3) is 2.29. The fourth-order valence-electron chi connectivity index (χ4n) is 3.95. The average Bonchev–Trinajstić information content (AvgIpc) is 3.04. The summed E-state index contributed by atoms with van der Waals surface area (Å²) in [6.07, 6.45) is 0. The van der Waals surface area contributed by atoms with Crippen LogP contribution in [0.15, 0.2) is 65.7 Å². The van der Waals surface area contributed by atoms with Crippen molar-refractivity contribution in [2.45, 2.75) is 28.9 Å². The summed E-state index contributed by atoms with van der Waals surface area (Å²) < 4.78 is 0.734. The molecule has 2 aromatic carbocycles. The van der Waals surface area contributed by atoms with Crippen LogP contribution < -0.4 is 5.30 Å². The van der Waals surface area contributed by atoms with E-state index in [0.29, 0.717) is 25.4 Å². The molecule has 2 aliphatic rings. The number of allylic oxidation sites excluding steroid dienone is 2. The van der Waals surface area contributed by atoms with Gasteiger partial charge in [0, 0.05) is 0 Å². The van der Waals surface area contributed by atoms with Gasteiger partial charge in [0.2, 0.25) is 0 Å². The quantitative estimate of drug-likeness (QED) is 0.380. The molecule has 0 N–H and O–H groups in total. The van der Waals surface area contributed by atoms with E-state index >= 15 is 0 Å². The molecule has 0 amide bonds. The van der Waals surface area contributed by atoms with Crippen molar-refractivity contribution in [1.82, 2.24) is 0 Å². The van der Waals surface area contributed by atoms with E-state index in [-0.39, 0.29) is 0 Å². The molecule has 0 aromatic heterocycles. The summed E-state index contributed by atoms with van der Waals surface area (Å²) in [5, 5.41) is 10.6. The summed E-state index contributed by atoms with van der Waals surface area (Å²) in [6.45, 7) is 4.70. The SMILES string of the molecule is CC1=C(C)C2C(c3ccc(C#N)cc3)[Se]C1[P+]2([Se-])c1ccccc1. The van der Waals surface area contributed by atoms with Crippen molar-refractivity contribution in [2.75, 3.05) is 0 Å². The van der Waals surface area contributed by atoms with Crippen LogP contribution in [0.1, 0.15) is 29.8 Å². The average molecular weight is 461 g/mol. The van der Waals surface area contributed by atoms with Gasteiger partial charge in [-0.25, -0.2) is 0 Å². The third-order valence-corrected chi connectivity index (χ3v) is 21.3. The summed E-state index contributed by atoms with van der Waals surface area (Å²) in [5.41, 5.74) is 6.06. The molecule has 4 heteroatoms. The standard InChI is InChI=1S/C20H18NPSe2/c1-13-14(2)20-22(23,17-6-4-3-5-7-17)18(13)19(24-20)16-10-8-15(12-21)9-11-16/h3-11,18-20H,1-2H3. The van der Waals surface area contributed by atoms with Crippen LogP contribution in [0, 0.1) is 11.3 Å². The molecule has 2 bridgehead atoms. The Bertz CT molecular complexity index is 853. The van der Waals surface area contributed by atoms with E-state index in [1.165, 1.54) is 10.9 Å². The number of nitriles is 1. The Hall–Kier alpha value is -0.861. The number of nitrogens with zero attached hydrogens (tertiary/aromatic N) is 1. The van der Waals surface area contributed by atoms with Gasteiger partial charge in [0.15, 0.2) is 0 Å². The van der Waals surface area contributed by atoms with Crippen molar-refractivity contribution in [3.8, 4) is 6.07 Å². The Morgan fingerprint density at radius 2 is 1.67 bits per heavy atom. The van der Waals surface area contributed by atoms with Gasteiger partial charge in [-0.05, 0) is 0 Å². The Morgan fingerprint density at radius 3 is 2.29 bits per heavy atom. The van der Waals surface area contributed by atoms with Crippen LogP contribution in [0.5, 0.6) is 0 Å². The van der Waals surface area contributed by atoms with Crippen molar-refractivity contribution >= 4 is 41.8 Å². The number of rotatable bonds is 2. The van der Waals surface area contributed by atoms with Crippen LogP contribution >= 0.6 is 5.95 Å². The molecule has 2 heterocycles. The molecule has 2 aliphatic heterocycles. The van der Waals surface area contributed by atoms with E-state index in [2.05, 4.69) is 78.0 Å². The molecule has 0 saturated carbocycles. The van der Waals surface area contributed by atoms with Crippen molar-refractivity contribution < 1.29 is 0 Å². The van der Waals surface area contributed by atoms with Crippen LogP contribution in [0.25, 0.3) is 0 Å². The molecule has 120 valence electrons. The number of hydrogen-bond donors (Lipinski definition) is 0. The third-order valence-electron chi connectivity index (χ3n) is 5.29. The van der Waals surface area contributed by atoms with E-state index in [1.54, 1.807) is 11.1 Å². The van der Waals surface area contributed by atoms with Gasteiger partial charge in [-0.3, -0.25) is 0 Å². The Kier molecular flexibility index (Phi) is 4.25. The predicted octanol–water partition coefficient (Wildman–Crippen LogP) is 3.79. The summed E-state index contributed by atoms with van der Waals surface area (Å²) in [4.78, 5) is 0.633. The van der Waals surface area contributed by atoms with Gasteiger partial charge in [0.1, 0.15) is 0 Å². The second-order valence-electron chi connectivity index (χ2n) is 6.50. The van der Waals surface area contributed by atoms with Crippen molar-refractivity contribution in [2.24, 2.45) is 0 Å². The van der Waals surface area contributed by atoms with Crippen LogP contribution in [-0.4, -0.2) is 40.7 Å². The molecule has 0 spiro atoms. The zero-order valence-electron chi connectivity index (χ0n) is 13.6. The van der Waals surface area contributed by atoms with Crippen molar-refractivity contribution in [1.29, 1.82) is 5.26 Å². The Labute approximate surface area is 158 Å². The molecule has 1 nitrogen and oxygen atoms in total. The Balaban J connectivity index is 1.79. The molecule has 4 atom stereocenters. The van der Waals surface area contributed by atoms with Crippen molar-refractivity contribution in [3.63, 3.8) is 0 Å². The van der Waals surface area contributed by atoms with Gasteiger partial charge < -0.3 is 0 Å². The van der Waals surface area contributed by atoms with Gasteiger partial charge in [0.25, 0.3) is 0 Å². The minimum atomic E-state index is -1.33.